The molecule has 0 bridgehead atoms. The van der Waals surface area contributed by atoms with Gasteiger partial charge < -0.3 is 14.8 Å². The molecule has 0 spiro atoms. The number of imide groups is 1. The Kier molecular flexibility index (Phi) is 7.92. The molecule has 1 N–H and O–H groups in total. The molecule has 0 radical (unpaired) electrons. The van der Waals surface area contributed by atoms with E-state index >= 15 is 0 Å². The molecule has 1 aromatic rings. The van der Waals surface area contributed by atoms with Gasteiger partial charge in [0.1, 0.15) is 11.3 Å². The highest BCUT2D eigenvalue weighted by molar-refractivity contribution is 6.07. The molecule has 1 saturated carbocycles. The molecule has 4 rings (SSSR count). The van der Waals surface area contributed by atoms with Crippen molar-refractivity contribution in [2.45, 2.75) is 102 Å². The van der Waals surface area contributed by atoms with Crippen molar-refractivity contribution in [3.63, 3.8) is 0 Å². The van der Waals surface area contributed by atoms with Crippen LogP contribution in [0.2, 0.25) is 0 Å². The number of halogens is 6. The quantitative estimate of drug-likeness (QED) is 0.194. The number of ether oxygens (including phenoxy) is 2. The molecule has 1 aliphatic carbocycles. The fraction of sp³-hybridized carbons (Fsp3) is 0.704. The minimum absolute atomic E-state index is 0.125. The number of alkyl halides is 6. The van der Waals surface area contributed by atoms with Crippen LogP contribution >= 0.6 is 0 Å². The Balaban J connectivity index is 1.53. The van der Waals surface area contributed by atoms with Crippen LogP contribution in [0.25, 0.3) is 0 Å². The molecular weight excluding hydrogens is 530 g/mol. The number of hydrogen-bond donors (Lipinski definition) is 1. The van der Waals surface area contributed by atoms with E-state index in [4.69, 9.17) is 4.74 Å². The predicted molar refractivity (Wildman–Crippen MR) is 129 cm³/mol. The summed E-state index contributed by atoms with van der Waals surface area (Å²) in [6, 6.07) is 0.523. The van der Waals surface area contributed by atoms with E-state index in [-0.39, 0.29) is 48.9 Å². The third kappa shape index (κ3) is 4.97. The summed E-state index contributed by atoms with van der Waals surface area (Å²) in [5.74, 6) is 0.203. The Bertz CT molecular complexity index is 1100. The number of aryl methyl sites for hydroxylation is 1. The van der Waals surface area contributed by atoms with E-state index < -0.39 is 41.7 Å². The summed E-state index contributed by atoms with van der Waals surface area (Å²) < 4.78 is 94.4. The van der Waals surface area contributed by atoms with Crippen LogP contribution in [0.5, 0.6) is 5.75 Å². The van der Waals surface area contributed by atoms with Crippen molar-refractivity contribution in [2.24, 2.45) is 5.92 Å². The number of nitrogens with zero attached hydrogens (tertiary/aromatic N) is 1. The normalized spacial score (nSPS) is 22.8. The number of unbranched alkanes of at least 4 members (excludes halogenated alkanes) is 1. The second kappa shape index (κ2) is 10.5. The van der Waals surface area contributed by atoms with Crippen LogP contribution in [-0.2, 0) is 34.6 Å². The molecular formula is C27H34F6N2O4. The van der Waals surface area contributed by atoms with Crippen molar-refractivity contribution < 1.29 is 45.4 Å². The van der Waals surface area contributed by atoms with Crippen LogP contribution in [0.3, 0.4) is 0 Å². The van der Waals surface area contributed by atoms with Gasteiger partial charge in [-0.2, -0.15) is 26.3 Å². The van der Waals surface area contributed by atoms with Crippen molar-refractivity contribution in [3.05, 3.63) is 28.3 Å². The zero-order valence-electron chi connectivity index (χ0n) is 22.3. The standard InChI is InChI=1S/C27H34F6N2O4/c1-4-8-16-14-20-19(15-39-25(20,26(28,29)30)27(31,32)33)18(9-5-2)21(16)38-13-7-6-12-35-22(36)24(3,17-10-11-17)34-23(35)37/h14,17H,4-13,15H2,1-3H3,(H,34,37). The van der Waals surface area contributed by atoms with Gasteiger partial charge in [0.15, 0.2) is 0 Å². The molecule has 3 aliphatic rings. The Morgan fingerprint density at radius 1 is 1.05 bits per heavy atom. The lowest BCUT2D eigenvalue weighted by Gasteiger charge is -2.34. The van der Waals surface area contributed by atoms with Gasteiger partial charge in [-0.1, -0.05) is 26.7 Å². The molecule has 2 fully saturated rings. The van der Waals surface area contributed by atoms with E-state index in [0.29, 0.717) is 37.0 Å². The van der Waals surface area contributed by atoms with Gasteiger partial charge in [0.05, 0.1) is 13.2 Å². The molecule has 2 aliphatic heterocycles. The van der Waals surface area contributed by atoms with Crippen LogP contribution in [0, 0.1) is 5.92 Å². The van der Waals surface area contributed by atoms with Crippen LogP contribution in [0.4, 0.5) is 31.1 Å². The Labute approximate surface area is 223 Å². The first-order valence-corrected chi connectivity index (χ1v) is 13.4. The smallest absolute Gasteiger partial charge is 0.430 e. The number of carbonyl (C=O) groups excluding carboxylic acids is 2. The number of carbonyl (C=O) groups is 2. The summed E-state index contributed by atoms with van der Waals surface area (Å²) in [6.07, 6.45) is -7.32. The first-order valence-electron chi connectivity index (χ1n) is 13.4. The van der Waals surface area contributed by atoms with E-state index in [1.54, 1.807) is 20.8 Å². The van der Waals surface area contributed by atoms with Crippen LogP contribution < -0.4 is 10.1 Å². The Morgan fingerprint density at radius 2 is 1.69 bits per heavy atom. The lowest BCUT2D eigenvalue weighted by atomic mass is 9.84. The summed E-state index contributed by atoms with van der Waals surface area (Å²) in [5, 5.41) is 2.79. The minimum Gasteiger partial charge on any atom is -0.493 e. The van der Waals surface area contributed by atoms with E-state index in [2.05, 4.69) is 10.1 Å². The van der Waals surface area contributed by atoms with Gasteiger partial charge in [-0.3, -0.25) is 9.69 Å². The molecule has 218 valence electrons. The highest BCUT2D eigenvalue weighted by Crippen LogP contribution is 2.58. The number of amides is 3. The maximum absolute atomic E-state index is 14.0. The summed E-state index contributed by atoms with van der Waals surface area (Å²) in [6.45, 7) is 4.80. The minimum atomic E-state index is -5.69. The second-order valence-corrected chi connectivity index (χ2v) is 10.8. The molecule has 0 aromatic heterocycles. The number of urea groups is 1. The van der Waals surface area contributed by atoms with Gasteiger partial charge in [-0.15, -0.1) is 0 Å². The van der Waals surface area contributed by atoms with Crippen molar-refractivity contribution in [1.29, 1.82) is 0 Å². The van der Waals surface area contributed by atoms with Crippen molar-refractivity contribution in [3.8, 4) is 5.75 Å². The van der Waals surface area contributed by atoms with Gasteiger partial charge in [-0.05, 0) is 68.6 Å². The topological polar surface area (TPSA) is 67.9 Å². The number of nitrogens with one attached hydrogen (secondary N) is 1. The number of hydrogen-bond acceptors (Lipinski definition) is 4. The molecule has 1 unspecified atom stereocenters. The highest BCUT2D eigenvalue weighted by atomic mass is 19.4. The number of rotatable bonds is 11. The molecule has 6 nitrogen and oxygen atoms in total. The average molecular weight is 565 g/mol. The largest absolute Gasteiger partial charge is 0.493 e. The molecule has 2 heterocycles. The average Bonchev–Trinajstić information content (AvgIpc) is 3.57. The molecule has 1 saturated heterocycles. The van der Waals surface area contributed by atoms with Crippen molar-refractivity contribution >= 4 is 11.9 Å². The van der Waals surface area contributed by atoms with Crippen molar-refractivity contribution in [1.82, 2.24) is 10.2 Å². The van der Waals surface area contributed by atoms with Crippen LogP contribution in [0.1, 0.15) is 81.5 Å². The zero-order chi connectivity index (χ0) is 28.8. The first-order chi connectivity index (χ1) is 18.2. The molecule has 39 heavy (non-hydrogen) atoms. The maximum atomic E-state index is 14.0. The van der Waals surface area contributed by atoms with Gasteiger partial charge in [0.2, 0.25) is 0 Å². The van der Waals surface area contributed by atoms with Gasteiger partial charge >= 0.3 is 18.4 Å². The van der Waals surface area contributed by atoms with E-state index in [9.17, 15) is 35.9 Å². The molecule has 12 heteroatoms. The summed E-state index contributed by atoms with van der Waals surface area (Å²) >= 11 is 0. The fourth-order valence-corrected chi connectivity index (χ4v) is 5.74. The lowest BCUT2D eigenvalue weighted by Crippen LogP contribution is -2.53. The summed E-state index contributed by atoms with van der Waals surface area (Å²) in [7, 11) is 0. The predicted octanol–water partition coefficient (Wildman–Crippen LogP) is 6.32. The Hall–Kier alpha value is -2.50. The maximum Gasteiger partial charge on any atom is 0.430 e. The van der Waals surface area contributed by atoms with E-state index in [1.807, 2.05) is 0 Å². The second-order valence-electron chi connectivity index (χ2n) is 10.8. The SMILES string of the molecule is CCCc1cc2c(c(CCC)c1OCCCCN1C(=O)NC(C)(C3CC3)C1=O)COC2(C(F)(F)F)C(F)(F)F. The van der Waals surface area contributed by atoms with E-state index in [0.717, 1.165) is 18.9 Å². The lowest BCUT2D eigenvalue weighted by molar-refractivity contribution is -0.385. The third-order valence-corrected chi connectivity index (χ3v) is 7.92. The Morgan fingerprint density at radius 3 is 2.26 bits per heavy atom. The van der Waals surface area contributed by atoms with Gasteiger partial charge in [0.25, 0.3) is 11.5 Å². The summed E-state index contributed by atoms with van der Waals surface area (Å²) in [5.41, 5.74) is -5.69. The number of benzene rings is 1. The van der Waals surface area contributed by atoms with Crippen LogP contribution in [0.15, 0.2) is 6.07 Å². The monoisotopic (exact) mass is 564 g/mol. The van der Waals surface area contributed by atoms with Gasteiger partial charge in [-0.25, -0.2) is 4.79 Å². The fourth-order valence-electron chi connectivity index (χ4n) is 5.74. The van der Waals surface area contributed by atoms with Gasteiger partial charge in [0, 0.05) is 17.7 Å². The molecule has 1 atom stereocenters. The first kappa shape index (κ1) is 29.5. The molecule has 3 amide bonds. The number of fused-ring (bicyclic) bond motifs is 1. The zero-order valence-corrected chi connectivity index (χ0v) is 22.3. The van der Waals surface area contributed by atoms with E-state index in [1.165, 1.54) is 4.90 Å². The van der Waals surface area contributed by atoms with Crippen molar-refractivity contribution in [2.75, 3.05) is 13.2 Å². The van der Waals surface area contributed by atoms with Crippen LogP contribution in [-0.4, -0.2) is 47.9 Å². The molecule has 1 aromatic carbocycles. The third-order valence-electron chi connectivity index (χ3n) is 7.92. The summed E-state index contributed by atoms with van der Waals surface area (Å²) in [4.78, 5) is 26.3. The highest BCUT2D eigenvalue weighted by Gasteiger charge is 2.76.